The van der Waals surface area contributed by atoms with Crippen LogP contribution in [0.3, 0.4) is 0 Å². The van der Waals surface area contributed by atoms with Gasteiger partial charge < -0.3 is 0 Å². The van der Waals surface area contributed by atoms with E-state index < -0.39 is 0 Å². The molecule has 3 aromatic carbocycles. The van der Waals surface area contributed by atoms with Gasteiger partial charge in [0.25, 0.3) is 0 Å². The highest BCUT2D eigenvalue weighted by molar-refractivity contribution is 5.68. The minimum atomic E-state index is 0.391. The van der Waals surface area contributed by atoms with E-state index in [4.69, 9.17) is 0 Å². The van der Waals surface area contributed by atoms with Gasteiger partial charge in [0, 0.05) is 5.92 Å². The van der Waals surface area contributed by atoms with Crippen molar-refractivity contribution in [1.82, 2.24) is 0 Å². The first-order valence-electron chi connectivity index (χ1n) is 7.47. The van der Waals surface area contributed by atoms with Crippen LogP contribution in [-0.2, 0) is 0 Å². The summed E-state index contributed by atoms with van der Waals surface area (Å²) in [5, 5.41) is 0. The zero-order valence-electron chi connectivity index (χ0n) is 12.6. The molecule has 0 aliphatic carbocycles. The molecule has 0 saturated carbocycles. The maximum absolute atomic E-state index is 2.30. The van der Waals surface area contributed by atoms with Crippen molar-refractivity contribution in [2.24, 2.45) is 0 Å². The summed E-state index contributed by atoms with van der Waals surface area (Å²) in [7, 11) is 0. The summed E-state index contributed by atoms with van der Waals surface area (Å²) >= 11 is 0. The molecule has 3 rings (SSSR count). The van der Waals surface area contributed by atoms with Crippen LogP contribution in [0.5, 0.6) is 0 Å². The Labute approximate surface area is 127 Å². The predicted octanol–water partition coefficient (Wildman–Crippen LogP) is 5.81. The lowest BCUT2D eigenvalue weighted by atomic mass is 9.85. The van der Waals surface area contributed by atoms with E-state index in [0.717, 1.165) is 0 Å². The number of aryl methyl sites for hydroxylation is 1. The SMILES string of the molecule is Cc1ccccc1C(C)c1ccccc1-c1ccccc1. The van der Waals surface area contributed by atoms with E-state index in [1.54, 1.807) is 0 Å². The molecule has 104 valence electrons. The fourth-order valence-electron chi connectivity index (χ4n) is 3.00. The van der Waals surface area contributed by atoms with Crippen molar-refractivity contribution in [1.29, 1.82) is 0 Å². The molecule has 1 unspecified atom stereocenters. The van der Waals surface area contributed by atoms with Crippen molar-refractivity contribution < 1.29 is 0 Å². The predicted molar refractivity (Wildman–Crippen MR) is 90.6 cm³/mol. The average molecular weight is 272 g/mol. The fraction of sp³-hybridized carbons (Fsp3) is 0.143. The Bertz CT molecular complexity index is 726. The number of hydrogen-bond donors (Lipinski definition) is 0. The molecule has 0 nitrogen and oxygen atoms in total. The Hall–Kier alpha value is -2.34. The molecule has 0 radical (unpaired) electrons. The van der Waals surface area contributed by atoms with Crippen molar-refractivity contribution in [3.63, 3.8) is 0 Å². The summed E-state index contributed by atoms with van der Waals surface area (Å²) in [5.74, 6) is 0.391. The highest BCUT2D eigenvalue weighted by Crippen LogP contribution is 2.34. The monoisotopic (exact) mass is 272 g/mol. The first-order valence-corrected chi connectivity index (χ1v) is 7.47. The van der Waals surface area contributed by atoms with Gasteiger partial charge in [-0.3, -0.25) is 0 Å². The van der Waals surface area contributed by atoms with Gasteiger partial charge in [-0.15, -0.1) is 0 Å². The first kappa shape index (κ1) is 13.6. The van der Waals surface area contributed by atoms with E-state index in [1.807, 2.05) is 0 Å². The van der Waals surface area contributed by atoms with Gasteiger partial charge in [0.2, 0.25) is 0 Å². The summed E-state index contributed by atoms with van der Waals surface area (Å²) in [6, 6.07) is 28.0. The Morgan fingerprint density at radius 1 is 0.619 bits per heavy atom. The summed E-state index contributed by atoms with van der Waals surface area (Å²) in [5.41, 5.74) is 6.76. The third-order valence-electron chi connectivity index (χ3n) is 4.17. The van der Waals surface area contributed by atoms with Gasteiger partial charge in [-0.05, 0) is 34.7 Å². The molecule has 0 bridgehead atoms. The van der Waals surface area contributed by atoms with Gasteiger partial charge in [-0.25, -0.2) is 0 Å². The lowest BCUT2D eigenvalue weighted by Crippen LogP contribution is -2.00. The van der Waals surface area contributed by atoms with Crippen LogP contribution in [-0.4, -0.2) is 0 Å². The molecule has 0 N–H and O–H groups in total. The molecule has 21 heavy (non-hydrogen) atoms. The lowest BCUT2D eigenvalue weighted by molar-refractivity contribution is 0.912. The molecule has 0 aliphatic rings. The highest BCUT2D eigenvalue weighted by atomic mass is 14.2. The van der Waals surface area contributed by atoms with E-state index in [2.05, 4.69) is 92.7 Å². The Morgan fingerprint density at radius 3 is 1.90 bits per heavy atom. The third kappa shape index (κ3) is 2.75. The summed E-state index contributed by atoms with van der Waals surface area (Å²) in [6.07, 6.45) is 0. The second kappa shape index (κ2) is 5.97. The van der Waals surface area contributed by atoms with Crippen molar-refractivity contribution in [3.05, 3.63) is 95.6 Å². The normalized spacial score (nSPS) is 12.1. The molecular formula is C21H20. The molecule has 0 heterocycles. The topological polar surface area (TPSA) is 0 Å². The molecule has 0 heteroatoms. The second-order valence-electron chi connectivity index (χ2n) is 5.53. The Kier molecular flexibility index (Phi) is 3.87. The van der Waals surface area contributed by atoms with Crippen LogP contribution in [0.1, 0.15) is 29.5 Å². The number of rotatable bonds is 3. The number of benzene rings is 3. The molecule has 3 aromatic rings. The van der Waals surface area contributed by atoms with Crippen molar-refractivity contribution >= 4 is 0 Å². The van der Waals surface area contributed by atoms with Gasteiger partial charge in [0.1, 0.15) is 0 Å². The average Bonchev–Trinajstić information content (AvgIpc) is 2.55. The van der Waals surface area contributed by atoms with Crippen LogP contribution < -0.4 is 0 Å². The zero-order valence-corrected chi connectivity index (χ0v) is 12.6. The van der Waals surface area contributed by atoms with Crippen LogP contribution in [0, 0.1) is 6.92 Å². The summed E-state index contributed by atoms with van der Waals surface area (Å²) in [4.78, 5) is 0. The van der Waals surface area contributed by atoms with Gasteiger partial charge in [-0.2, -0.15) is 0 Å². The molecule has 0 aromatic heterocycles. The van der Waals surface area contributed by atoms with Crippen LogP contribution in [0.2, 0.25) is 0 Å². The first-order chi connectivity index (χ1) is 10.3. The van der Waals surface area contributed by atoms with Gasteiger partial charge >= 0.3 is 0 Å². The van der Waals surface area contributed by atoms with Crippen LogP contribution >= 0.6 is 0 Å². The van der Waals surface area contributed by atoms with Crippen molar-refractivity contribution in [3.8, 4) is 11.1 Å². The summed E-state index contributed by atoms with van der Waals surface area (Å²) in [6.45, 7) is 4.49. The van der Waals surface area contributed by atoms with Gasteiger partial charge in [0.15, 0.2) is 0 Å². The molecule has 0 amide bonds. The van der Waals surface area contributed by atoms with Crippen molar-refractivity contribution in [2.75, 3.05) is 0 Å². The fourth-order valence-corrected chi connectivity index (χ4v) is 3.00. The van der Waals surface area contributed by atoms with E-state index >= 15 is 0 Å². The lowest BCUT2D eigenvalue weighted by Gasteiger charge is -2.19. The second-order valence-corrected chi connectivity index (χ2v) is 5.53. The highest BCUT2D eigenvalue weighted by Gasteiger charge is 2.14. The zero-order chi connectivity index (χ0) is 14.7. The quantitative estimate of drug-likeness (QED) is 0.564. The molecule has 0 saturated heterocycles. The van der Waals surface area contributed by atoms with Crippen LogP contribution in [0.15, 0.2) is 78.9 Å². The maximum Gasteiger partial charge on any atom is 0.00697 e. The van der Waals surface area contributed by atoms with E-state index in [-0.39, 0.29) is 0 Å². The van der Waals surface area contributed by atoms with Gasteiger partial charge in [-0.1, -0.05) is 85.8 Å². The van der Waals surface area contributed by atoms with E-state index in [9.17, 15) is 0 Å². The molecule has 1 atom stereocenters. The molecule has 0 fully saturated rings. The molecule has 0 aliphatic heterocycles. The van der Waals surface area contributed by atoms with Crippen molar-refractivity contribution in [2.45, 2.75) is 19.8 Å². The Morgan fingerprint density at radius 2 is 1.19 bits per heavy atom. The minimum absolute atomic E-state index is 0.391. The van der Waals surface area contributed by atoms with Crippen LogP contribution in [0.25, 0.3) is 11.1 Å². The Balaban J connectivity index is 2.10. The van der Waals surface area contributed by atoms with Gasteiger partial charge in [0.05, 0.1) is 0 Å². The summed E-state index contributed by atoms with van der Waals surface area (Å²) < 4.78 is 0. The van der Waals surface area contributed by atoms with Crippen LogP contribution in [0.4, 0.5) is 0 Å². The third-order valence-corrected chi connectivity index (χ3v) is 4.17. The largest absolute Gasteiger partial charge is 0.0622 e. The smallest absolute Gasteiger partial charge is 0.00697 e. The molecular weight excluding hydrogens is 252 g/mol. The minimum Gasteiger partial charge on any atom is -0.0622 e. The van der Waals surface area contributed by atoms with E-state index in [0.29, 0.717) is 5.92 Å². The van der Waals surface area contributed by atoms with E-state index in [1.165, 1.54) is 27.8 Å². The molecule has 0 spiro atoms. The maximum atomic E-state index is 2.30. The standard InChI is InChI=1S/C21H20/c1-16-10-6-7-13-19(16)17(2)20-14-8-9-15-21(20)18-11-4-3-5-12-18/h3-15,17H,1-2H3. The number of hydrogen-bond acceptors (Lipinski definition) is 0.